The lowest BCUT2D eigenvalue weighted by Gasteiger charge is -2.17. The number of hydrogen-bond donors (Lipinski definition) is 0. The zero-order chi connectivity index (χ0) is 15.0. The summed E-state index contributed by atoms with van der Waals surface area (Å²) in [7, 11) is 0. The van der Waals surface area contributed by atoms with Crippen LogP contribution in [0.5, 0.6) is 0 Å². The van der Waals surface area contributed by atoms with Crippen LogP contribution >= 0.6 is 27.5 Å². The van der Waals surface area contributed by atoms with E-state index in [-0.39, 0.29) is 11.9 Å². The number of benzene rings is 2. The van der Waals surface area contributed by atoms with Crippen molar-refractivity contribution in [3.05, 3.63) is 64.1 Å². The Labute approximate surface area is 135 Å². The van der Waals surface area contributed by atoms with E-state index in [1.165, 1.54) is 12.1 Å². The van der Waals surface area contributed by atoms with Gasteiger partial charge >= 0.3 is 0 Å². The molecule has 0 aliphatic heterocycles. The molecule has 3 aromatic rings. The molecule has 0 N–H and O–H groups in total. The third-order valence-corrected chi connectivity index (χ3v) is 4.32. The largest absolute Gasteiger partial charge is 0.320 e. The molecule has 0 spiro atoms. The Balaban J connectivity index is 2.17. The minimum Gasteiger partial charge on any atom is -0.320 e. The third-order valence-electron chi connectivity index (χ3n) is 3.58. The summed E-state index contributed by atoms with van der Waals surface area (Å²) >= 11 is 9.53. The Morgan fingerprint density at radius 2 is 1.95 bits per heavy atom. The van der Waals surface area contributed by atoms with E-state index >= 15 is 0 Å². The van der Waals surface area contributed by atoms with Crippen LogP contribution in [0.3, 0.4) is 0 Å². The van der Waals surface area contributed by atoms with Crippen molar-refractivity contribution in [3.63, 3.8) is 0 Å². The molecule has 108 valence electrons. The molecule has 0 aliphatic carbocycles. The highest BCUT2D eigenvalue weighted by molar-refractivity contribution is 9.10. The van der Waals surface area contributed by atoms with Crippen molar-refractivity contribution < 1.29 is 4.39 Å². The highest BCUT2D eigenvalue weighted by Crippen LogP contribution is 2.28. The Morgan fingerprint density at radius 1 is 1.24 bits per heavy atom. The van der Waals surface area contributed by atoms with Crippen LogP contribution in [-0.2, 0) is 5.88 Å². The molecule has 2 aromatic carbocycles. The van der Waals surface area contributed by atoms with E-state index in [0.717, 1.165) is 26.9 Å². The van der Waals surface area contributed by atoms with Gasteiger partial charge in [-0.3, -0.25) is 0 Å². The van der Waals surface area contributed by atoms with Crippen molar-refractivity contribution in [2.75, 3.05) is 0 Å². The van der Waals surface area contributed by atoms with Crippen molar-refractivity contribution in [3.8, 4) is 0 Å². The van der Waals surface area contributed by atoms with E-state index in [1.807, 2.05) is 18.2 Å². The average Bonchev–Trinajstić information content (AvgIpc) is 2.85. The van der Waals surface area contributed by atoms with Gasteiger partial charge in [0.05, 0.1) is 23.0 Å². The van der Waals surface area contributed by atoms with Gasteiger partial charge in [0.1, 0.15) is 11.6 Å². The first-order valence-electron chi connectivity index (χ1n) is 6.58. The van der Waals surface area contributed by atoms with Gasteiger partial charge < -0.3 is 4.57 Å². The van der Waals surface area contributed by atoms with E-state index < -0.39 is 0 Å². The molecule has 0 amide bonds. The summed E-state index contributed by atoms with van der Waals surface area (Å²) < 4.78 is 16.2. The van der Waals surface area contributed by atoms with Gasteiger partial charge in [0.25, 0.3) is 0 Å². The molecule has 2 nitrogen and oxygen atoms in total. The van der Waals surface area contributed by atoms with Gasteiger partial charge in [0.15, 0.2) is 0 Å². The predicted octanol–water partition coefficient (Wildman–Crippen LogP) is 5.29. The maximum absolute atomic E-state index is 13.1. The second-order valence-corrected chi connectivity index (χ2v) is 6.08. The van der Waals surface area contributed by atoms with Crippen molar-refractivity contribution in [1.29, 1.82) is 0 Å². The molecule has 0 saturated heterocycles. The smallest absolute Gasteiger partial charge is 0.125 e. The second-order valence-electron chi connectivity index (χ2n) is 4.89. The Bertz CT molecular complexity index is 783. The number of halogens is 3. The van der Waals surface area contributed by atoms with Gasteiger partial charge in [-0.15, -0.1) is 11.6 Å². The SMILES string of the molecule is CC(c1ccc(F)cc1)n1c(CCl)nc2ccc(Br)cc21. The van der Waals surface area contributed by atoms with Gasteiger partial charge in [-0.25, -0.2) is 9.37 Å². The average molecular weight is 368 g/mol. The molecule has 0 radical (unpaired) electrons. The summed E-state index contributed by atoms with van der Waals surface area (Å²) in [5, 5.41) is 0. The molecular weight excluding hydrogens is 355 g/mol. The minimum absolute atomic E-state index is 0.0265. The molecular formula is C16H13BrClFN2. The number of aromatic nitrogens is 2. The molecule has 0 fully saturated rings. The predicted molar refractivity (Wildman–Crippen MR) is 87.2 cm³/mol. The summed E-state index contributed by atoms with van der Waals surface area (Å²) in [6.07, 6.45) is 0. The monoisotopic (exact) mass is 366 g/mol. The fraction of sp³-hybridized carbons (Fsp3) is 0.188. The van der Waals surface area contributed by atoms with E-state index in [0.29, 0.717) is 5.88 Å². The van der Waals surface area contributed by atoms with Gasteiger partial charge in [-0.2, -0.15) is 0 Å². The fourth-order valence-corrected chi connectivity index (χ4v) is 3.07. The fourth-order valence-electron chi connectivity index (χ4n) is 2.53. The van der Waals surface area contributed by atoms with Gasteiger partial charge in [0.2, 0.25) is 0 Å². The van der Waals surface area contributed by atoms with E-state index in [4.69, 9.17) is 11.6 Å². The van der Waals surface area contributed by atoms with Crippen LogP contribution in [-0.4, -0.2) is 9.55 Å². The normalized spacial score (nSPS) is 12.8. The molecule has 0 aliphatic rings. The molecule has 1 heterocycles. The lowest BCUT2D eigenvalue weighted by molar-refractivity contribution is 0.614. The number of nitrogens with zero attached hydrogens (tertiary/aromatic N) is 2. The first-order chi connectivity index (χ1) is 10.1. The molecule has 1 unspecified atom stereocenters. The van der Waals surface area contributed by atoms with Crippen LogP contribution in [0.2, 0.25) is 0 Å². The van der Waals surface area contributed by atoms with Crippen LogP contribution < -0.4 is 0 Å². The number of alkyl halides is 1. The Morgan fingerprint density at radius 3 is 2.62 bits per heavy atom. The highest BCUT2D eigenvalue weighted by atomic mass is 79.9. The highest BCUT2D eigenvalue weighted by Gasteiger charge is 2.17. The summed E-state index contributed by atoms with van der Waals surface area (Å²) in [5.74, 6) is 0.904. The molecule has 21 heavy (non-hydrogen) atoms. The van der Waals surface area contributed by atoms with E-state index in [2.05, 4.69) is 32.4 Å². The lowest BCUT2D eigenvalue weighted by Crippen LogP contribution is -2.10. The second kappa shape index (κ2) is 5.78. The number of imidazole rings is 1. The first-order valence-corrected chi connectivity index (χ1v) is 7.90. The van der Waals surface area contributed by atoms with E-state index in [9.17, 15) is 4.39 Å². The minimum atomic E-state index is -0.234. The van der Waals surface area contributed by atoms with Gasteiger partial charge in [0, 0.05) is 4.47 Å². The number of rotatable bonds is 3. The standard InChI is InChI=1S/C16H13BrClFN2/c1-10(11-2-5-13(19)6-3-11)21-15-8-12(17)4-7-14(15)20-16(21)9-18/h2-8,10H,9H2,1H3. The van der Waals surface area contributed by atoms with Crippen LogP contribution in [0, 0.1) is 5.82 Å². The van der Waals surface area contributed by atoms with Crippen molar-refractivity contribution in [1.82, 2.24) is 9.55 Å². The lowest BCUT2D eigenvalue weighted by atomic mass is 10.1. The quantitative estimate of drug-likeness (QED) is 0.575. The maximum Gasteiger partial charge on any atom is 0.125 e. The van der Waals surface area contributed by atoms with Crippen LogP contribution in [0.25, 0.3) is 11.0 Å². The number of fused-ring (bicyclic) bond motifs is 1. The van der Waals surface area contributed by atoms with Crippen molar-refractivity contribution >= 4 is 38.6 Å². The summed E-state index contributed by atoms with van der Waals surface area (Å²) in [5.41, 5.74) is 2.93. The summed E-state index contributed by atoms with van der Waals surface area (Å²) in [4.78, 5) is 4.57. The molecule has 5 heteroatoms. The first kappa shape index (κ1) is 14.5. The third kappa shape index (κ3) is 2.70. The molecule has 0 saturated carbocycles. The van der Waals surface area contributed by atoms with Gasteiger partial charge in [-0.1, -0.05) is 28.1 Å². The van der Waals surface area contributed by atoms with Gasteiger partial charge in [-0.05, 0) is 42.8 Å². The molecule has 1 atom stereocenters. The Kier molecular flexibility index (Phi) is 4.00. The zero-order valence-corrected chi connectivity index (χ0v) is 13.7. The molecule has 0 bridgehead atoms. The van der Waals surface area contributed by atoms with E-state index in [1.54, 1.807) is 12.1 Å². The van der Waals surface area contributed by atoms with Crippen molar-refractivity contribution in [2.24, 2.45) is 0 Å². The molecule has 1 aromatic heterocycles. The topological polar surface area (TPSA) is 17.8 Å². The zero-order valence-electron chi connectivity index (χ0n) is 11.4. The van der Waals surface area contributed by atoms with Crippen molar-refractivity contribution in [2.45, 2.75) is 18.8 Å². The van der Waals surface area contributed by atoms with Crippen LogP contribution in [0.4, 0.5) is 4.39 Å². The van der Waals surface area contributed by atoms with Crippen LogP contribution in [0.15, 0.2) is 46.9 Å². The maximum atomic E-state index is 13.1. The summed E-state index contributed by atoms with van der Waals surface area (Å²) in [6.45, 7) is 2.06. The Hall–Kier alpha value is -1.39. The number of hydrogen-bond acceptors (Lipinski definition) is 1. The molecule has 3 rings (SSSR count). The summed E-state index contributed by atoms with van der Waals surface area (Å²) in [6, 6.07) is 12.5. The van der Waals surface area contributed by atoms with Crippen LogP contribution in [0.1, 0.15) is 24.4 Å².